The number of pyridine rings is 2. The minimum Gasteiger partial charge on any atom is -0.454 e. The molecule has 64 heavy (non-hydrogen) atoms. The number of nitrogens with zero attached hydrogens (tertiary/aromatic N) is 6. The first-order valence-corrected chi connectivity index (χ1v) is 21.3. The SMILES string of the molecule is C=Cc1c(/C=C\C)n(-c2ccc3oc4cccnc4c3c2)c2ccc(-c3cncc(-c4ccc5c(c4)c4ccccc4n5-c4cc(-c5ccccc5)cc(-c5ccccc5)n4)n3)cc12. The lowest BCUT2D eigenvalue weighted by Gasteiger charge is -2.13. The summed E-state index contributed by atoms with van der Waals surface area (Å²) in [5.74, 6) is 0.856. The second kappa shape index (κ2) is 15.0. The van der Waals surface area contributed by atoms with E-state index in [1.54, 1.807) is 6.20 Å². The zero-order valence-electron chi connectivity index (χ0n) is 34.9. The number of furan rings is 1. The molecule has 302 valence electrons. The topological polar surface area (TPSA) is 74.6 Å². The van der Waals surface area contributed by atoms with Gasteiger partial charge in [0, 0.05) is 55.7 Å². The number of para-hydroxylation sites is 1. The van der Waals surface area contributed by atoms with Crippen molar-refractivity contribution < 1.29 is 4.42 Å². The quantitative estimate of drug-likeness (QED) is 0.153. The van der Waals surface area contributed by atoms with Crippen molar-refractivity contribution in [2.24, 2.45) is 0 Å². The van der Waals surface area contributed by atoms with Gasteiger partial charge in [0.2, 0.25) is 0 Å². The van der Waals surface area contributed by atoms with Crippen LogP contribution in [0.4, 0.5) is 0 Å². The summed E-state index contributed by atoms with van der Waals surface area (Å²) in [6.45, 7) is 6.30. The van der Waals surface area contributed by atoms with E-state index in [9.17, 15) is 0 Å². The van der Waals surface area contributed by atoms with Gasteiger partial charge in [-0.15, -0.1) is 0 Å². The van der Waals surface area contributed by atoms with Crippen LogP contribution in [0.2, 0.25) is 0 Å². The minimum absolute atomic E-state index is 0.770. The fourth-order valence-corrected chi connectivity index (χ4v) is 9.24. The lowest BCUT2D eigenvalue weighted by Crippen LogP contribution is -2.00. The van der Waals surface area contributed by atoms with E-state index in [1.807, 2.05) is 49.7 Å². The highest BCUT2D eigenvalue weighted by Gasteiger charge is 2.20. The second-order valence-corrected chi connectivity index (χ2v) is 15.9. The normalized spacial score (nSPS) is 11.8. The minimum atomic E-state index is 0.770. The molecule has 6 aromatic heterocycles. The summed E-state index contributed by atoms with van der Waals surface area (Å²) in [5, 5.41) is 4.29. The van der Waals surface area contributed by atoms with Crippen molar-refractivity contribution in [3.8, 4) is 56.4 Å². The molecule has 6 aromatic carbocycles. The highest BCUT2D eigenvalue weighted by Crippen LogP contribution is 2.39. The van der Waals surface area contributed by atoms with Crippen LogP contribution in [0.25, 0.3) is 123 Å². The highest BCUT2D eigenvalue weighted by atomic mass is 16.3. The Morgan fingerprint density at radius 3 is 1.98 bits per heavy atom. The molecule has 0 unspecified atom stereocenters. The van der Waals surface area contributed by atoms with Crippen LogP contribution >= 0.6 is 0 Å². The van der Waals surface area contributed by atoms with Gasteiger partial charge in [-0.25, -0.2) is 9.97 Å². The summed E-state index contributed by atoms with van der Waals surface area (Å²) in [4.78, 5) is 20.0. The van der Waals surface area contributed by atoms with E-state index in [0.717, 1.165) is 122 Å². The van der Waals surface area contributed by atoms with Gasteiger partial charge in [0.15, 0.2) is 5.58 Å². The largest absolute Gasteiger partial charge is 0.454 e. The van der Waals surface area contributed by atoms with Crippen LogP contribution in [-0.4, -0.2) is 29.1 Å². The summed E-state index contributed by atoms with van der Waals surface area (Å²) in [7, 11) is 0. The molecule has 0 spiro atoms. The molecule has 0 saturated carbocycles. The Kier molecular flexibility index (Phi) is 8.72. The Bertz CT molecular complexity index is 3760. The van der Waals surface area contributed by atoms with Gasteiger partial charge in [0.25, 0.3) is 0 Å². The molecule has 0 aliphatic rings. The maximum Gasteiger partial charge on any atom is 0.153 e. The monoisotopic (exact) mass is 822 g/mol. The van der Waals surface area contributed by atoms with Crippen molar-refractivity contribution in [3.63, 3.8) is 0 Å². The van der Waals surface area contributed by atoms with Gasteiger partial charge in [-0.05, 0) is 96.9 Å². The molecule has 0 aliphatic heterocycles. The van der Waals surface area contributed by atoms with Crippen molar-refractivity contribution in [3.05, 3.63) is 206 Å². The van der Waals surface area contributed by atoms with Gasteiger partial charge in [-0.1, -0.05) is 110 Å². The number of hydrogen-bond acceptors (Lipinski definition) is 5. The maximum atomic E-state index is 6.12. The first-order chi connectivity index (χ1) is 31.6. The van der Waals surface area contributed by atoms with E-state index in [4.69, 9.17) is 19.4 Å². The average molecular weight is 823 g/mol. The summed E-state index contributed by atoms with van der Waals surface area (Å²) in [6, 6.07) is 57.0. The molecule has 0 amide bonds. The first kappa shape index (κ1) is 37.1. The van der Waals surface area contributed by atoms with Gasteiger partial charge < -0.3 is 8.98 Å². The third-order valence-electron chi connectivity index (χ3n) is 12.2. The smallest absolute Gasteiger partial charge is 0.153 e. The highest BCUT2D eigenvalue weighted by molar-refractivity contribution is 6.10. The summed E-state index contributed by atoms with van der Waals surface area (Å²) in [5.41, 5.74) is 16.4. The van der Waals surface area contributed by atoms with E-state index < -0.39 is 0 Å². The molecule has 7 heteroatoms. The number of allylic oxidation sites excluding steroid dienone is 1. The van der Waals surface area contributed by atoms with Crippen molar-refractivity contribution in [1.82, 2.24) is 29.1 Å². The third-order valence-corrected chi connectivity index (χ3v) is 12.2. The Hall–Kier alpha value is -8.68. The number of rotatable bonds is 8. The number of benzene rings is 6. The number of hydrogen-bond donors (Lipinski definition) is 0. The predicted octanol–water partition coefficient (Wildman–Crippen LogP) is 14.6. The average Bonchev–Trinajstić information content (AvgIpc) is 4.01. The van der Waals surface area contributed by atoms with Crippen molar-refractivity contribution in [1.29, 1.82) is 0 Å². The zero-order valence-corrected chi connectivity index (χ0v) is 34.9. The van der Waals surface area contributed by atoms with Gasteiger partial charge in [-0.2, -0.15) is 0 Å². The van der Waals surface area contributed by atoms with Crippen molar-refractivity contribution >= 4 is 66.9 Å². The van der Waals surface area contributed by atoms with E-state index in [2.05, 4.69) is 172 Å². The van der Waals surface area contributed by atoms with E-state index in [0.29, 0.717) is 0 Å². The van der Waals surface area contributed by atoms with E-state index in [-0.39, 0.29) is 0 Å². The molecular formula is C57H38N6O. The van der Waals surface area contributed by atoms with Gasteiger partial charge in [0.1, 0.15) is 16.9 Å². The van der Waals surface area contributed by atoms with Crippen LogP contribution in [0.3, 0.4) is 0 Å². The molecular weight excluding hydrogens is 785 g/mol. The first-order valence-electron chi connectivity index (χ1n) is 21.3. The molecule has 0 fully saturated rings. The molecule has 0 aliphatic carbocycles. The number of aromatic nitrogens is 6. The Morgan fingerprint density at radius 1 is 0.516 bits per heavy atom. The van der Waals surface area contributed by atoms with E-state index in [1.165, 1.54) is 0 Å². The van der Waals surface area contributed by atoms with Crippen LogP contribution in [0.15, 0.2) is 199 Å². The fourth-order valence-electron chi connectivity index (χ4n) is 9.24. The fraction of sp³-hybridized carbons (Fsp3) is 0.0175. The summed E-state index contributed by atoms with van der Waals surface area (Å²) in [6.07, 6.45) is 11.6. The molecule has 0 bridgehead atoms. The number of fused-ring (bicyclic) bond motifs is 7. The van der Waals surface area contributed by atoms with Crippen LogP contribution in [-0.2, 0) is 0 Å². The van der Waals surface area contributed by atoms with Gasteiger partial charge >= 0.3 is 0 Å². The maximum absolute atomic E-state index is 6.12. The van der Waals surface area contributed by atoms with E-state index >= 15 is 0 Å². The molecule has 0 N–H and O–H groups in total. The lowest BCUT2D eigenvalue weighted by molar-refractivity contribution is 0.668. The van der Waals surface area contributed by atoms with Crippen LogP contribution < -0.4 is 0 Å². The molecule has 0 radical (unpaired) electrons. The molecule has 6 heterocycles. The predicted molar refractivity (Wildman–Crippen MR) is 263 cm³/mol. The molecule has 0 atom stereocenters. The van der Waals surface area contributed by atoms with Crippen LogP contribution in [0.5, 0.6) is 0 Å². The molecule has 7 nitrogen and oxygen atoms in total. The van der Waals surface area contributed by atoms with Gasteiger partial charge in [-0.3, -0.25) is 14.5 Å². The Labute approximate surface area is 368 Å². The molecule has 12 rings (SSSR count). The zero-order chi connectivity index (χ0) is 42.7. The van der Waals surface area contributed by atoms with Crippen molar-refractivity contribution in [2.45, 2.75) is 6.92 Å². The summed E-state index contributed by atoms with van der Waals surface area (Å²) < 4.78 is 10.7. The Morgan fingerprint density at radius 2 is 1.22 bits per heavy atom. The molecule has 0 saturated heterocycles. The second-order valence-electron chi connectivity index (χ2n) is 15.9. The van der Waals surface area contributed by atoms with Gasteiger partial charge in [0.05, 0.1) is 51.7 Å². The third kappa shape index (κ3) is 6.05. The Balaban J connectivity index is 0.967. The van der Waals surface area contributed by atoms with Crippen LogP contribution in [0.1, 0.15) is 18.2 Å². The standard InChI is InChI=1S/C57H38N6O/c1-3-14-50-42(4-2)44-29-38(22-25-52(44)62(50)41-24-27-54-46(33-41)57-55(64-54)21-13-28-59-57)48-34-58-35-49(60-48)39-23-26-53-45(30-39)43-19-11-12-20-51(43)63(53)56-32-40(36-15-7-5-8-16-36)31-47(61-56)37-17-9-6-10-18-37/h3-35H,2H2,1H3/b14-3-. The van der Waals surface area contributed by atoms with Crippen LogP contribution in [0, 0.1) is 0 Å². The van der Waals surface area contributed by atoms with Crippen molar-refractivity contribution in [2.75, 3.05) is 0 Å². The molecule has 12 aromatic rings. The lowest BCUT2D eigenvalue weighted by atomic mass is 10.0. The summed E-state index contributed by atoms with van der Waals surface area (Å²) >= 11 is 0.